The van der Waals surface area contributed by atoms with E-state index in [1.54, 1.807) is 6.92 Å². The molecule has 1 unspecified atom stereocenters. The molecule has 2 heterocycles. The SMILES string of the molecule is CC(C[C@@H](N)C(=O)N1CCC(C2CCN(C)CC2)CC1)C(=O)O. The second-order valence-corrected chi connectivity index (χ2v) is 7.38. The Hall–Kier alpha value is -1.14. The van der Waals surface area contributed by atoms with Crippen LogP contribution in [0.1, 0.15) is 39.0 Å². The molecule has 0 radical (unpaired) electrons. The fourth-order valence-corrected chi connectivity index (χ4v) is 3.91. The maximum Gasteiger partial charge on any atom is 0.306 e. The lowest BCUT2D eigenvalue weighted by atomic mass is 9.79. The molecule has 1 amide bonds. The number of carboxylic acid groups (broad SMARTS) is 1. The number of amides is 1. The van der Waals surface area contributed by atoms with Crippen LogP contribution in [-0.4, -0.2) is 66.1 Å². The van der Waals surface area contributed by atoms with Crippen LogP contribution in [0.3, 0.4) is 0 Å². The van der Waals surface area contributed by atoms with Gasteiger partial charge in [-0.1, -0.05) is 6.92 Å². The second-order valence-electron chi connectivity index (χ2n) is 7.38. The van der Waals surface area contributed by atoms with E-state index in [-0.39, 0.29) is 12.3 Å². The Labute approximate surface area is 139 Å². The minimum absolute atomic E-state index is 0.0834. The van der Waals surface area contributed by atoms with Crippen molar-refractivity contribution in [1.29, 1.82) is 0 Å². The van der Waals surface area contributed by atoms with E-state index in [0.29, 0.717) is 0 Å². The minimum Gasteiger partial charge on any atom is -0.481 e. The highest BCUT2D eigenvalue weighted by molar-refractivity contribution is 5.82. The summed E-state index contributed by atoms with van der Waals surface area (Å²) in [5, 5.41) is 8.94. The van der Waals surface area contributed by atoms with Crippen LogP contribution in [0.2, 0.25) is 0 Å². The van der Waals surface area contributed by atoms with E-state index < -0.39 is 17.9 Å². The van der Waals surface area contributed by atoms with Crippen LogP contribution in [0.5, 0.6) is 0 Å². The lowest BCUT2D eigenvalue weighted by Gasteiger charge is -2.40. The third kappa shape index (κ3) is 4.91. The van der Waals surface area contributed by atoms with Gasteiger partial charge in [-0.15, -0.1) is 0 Å². The Morgan fingerprint density at radius 2 is 1.57 bits per heavy atom. The van der Waals surface area contributed by atoms with Crippen LogP contribution in [0.15, 0.2) is 0 Å². The van der Waals surface area contributed by atoms with E-state index in [9.17, 15) is 9.59 Å². The Balaban J connectivity index is 1.77. The van der Waals surface area contributed by atoms with Crippen molar-refractivity contribution in [2.75, 3.05) is 33.2 Å². The number of hydrogen-bond donors (Lipinski definition) is 2. The lowest BCUT2D eigenvalue weighted by Crippen LogP contribution is -2.49. The molecule has 2 fully saturated rings. The summed E-state index contributed by atoms with van der Waals surface area (Å²) < 4.78 is 0. The molecule has 0 bridgehead atoms. The summed E-state index contributed by atoms with van der Waals surface area (Å²) in [6, 6.07) is -0.694. The summed E-state index contributed by atoms with van der Waals surface area (Å²) >= 11 is 0. The average molecular weight is 325 g/mol. The zero-order valence-corrected chi connectivity index (χ0v) is 14.4. The number of hydrogen-bond acceptors (Lipinski definition) is 4. The fourth-order valence-electron chi connectivity index (χ4n) is 3.91. The van der Waals surface area contributed by atoms with Crippen LogP contribution in [0.4, 0.5) is 0 Å². The molecule has 6 heteroatoms. The van der Waals surface area contributed by atoms with Gasteiger partial charge in [-0.3, -0.25) is 9.59 Å². The highest BCUT2D eigenvalue weighted by atomic mass is 16.4. The predicted molar refractivity (Wildman–Crippen MR) is 88.9 cm³/mol. The number of nitrogens with zero attached hydrogens (tertiary/aromatic N) is 2. The van der Waals surface area contributed by atoms with E-state index in [2.05, 4.69) is 11.9 Å². The van der Waals surface area contributed by atoms with Gasteiger partial charge in [0.25, 0.3) is 0 Å². The summed E-state index contributed by atoms with van der Waals surface area (Å²) in [6.45, 7) is 5.50. The molecule has 0 aromatic carbocycles. The van der Waals surface area contributed by atoms with Crippen molar-refractivity contribution in [2.24, 2.45) is 23.5 Å². The molecular weight excluding hydrogens is 294 g/mol. The first-order chi connectivity index (χ1) is 10.9. The minimum atomic E-state index is -0.894. The van der Waals surface area contributed by atoms with E-state index in [0.717, 1.165) is 37.8 Å². The molecule has 3 N–H and O–H groups in total. The summed E-state index contributed by atoms with van der Waals surface area (Å²) in [6.07, 6.45) is 4.86. The quantitative estimate of drug-likeness (QED) is 0.787. The maximum atomic E-state index is 12.4. The van der Waals surface area contributed by atoms with Crippen LogP contribution >= 0.6 is 0 Å². The number of carbonyl (C=O) groups is 2. The molecule has 0 aromatic rings. The molecule has 0 aliphatic carbocycles. The lowest BCUT2D eigenvalue weighted by molar-refractivity contribution is -0.142. The molecule has 2 aliphatic rings. The average Bonchev–Trinajstić information content (AvgIpc) is 2.55. The molecule has 0 saturated carbocycles. The molecule has 2 rings (SSSR count). The molecule has 0 aromatic heterocycles. The van der Waals surface area contributed by atoms with Crippen molar-refractivity contribution in [3.05, 3.63) is 0 Å². The Morgan fingerprint density at radius 3 is 2.04 bits per heavy atom. The smallest absolute Gasteiger partial charge is 0.306 e. The highest BCUT2D eigenvalue weighted by Gasteiger charge is 2.32. The van der Waals surface area contributed by atoms with Gasteiger partial charge in [-0.05, 0) is 64.1 Å². The molecule has 2 aliphatic heterocycles. The molecule has 6 nitrogen and oxygen atoms in total. The van der Waals surface area contributed by atoms with Crippen molar-refractivity contribution < 1.29 is 14.7 Å². The number of nitrogens with two attached hydrogens (primary N) is 1. The Bertz CT molecular complexity index is 413. The number of rotatable bonds is 5. The monoisotopic (exact) mass is 325 g/mol. The van der Waals surface area contributed by atoms with Crippen LogP contribution in [-0.2, 0) is 9.59 Å². The number of carboxylic acids is 1. The second kappa shape index (κ2) is 8.11. The third-order valence-electron chi connectivity index (χ3n) is 5.63. The van der Waals surface area contributed by atoms with Gasteiger partial charge in [0.2, 0.25) is 5.91 Å². The van der Waals surface area contributed by atoms with Crippen molar-refractivity contribution in [3.63, 3.8) is 0 Å². The van der Waals surface area contributed by atoms with Gasteiger partial charge in [0.1, 0.15) is 0 Å². The summed E-state index contributed by atoms with van der Waals surface area (Å²) in [7, 11) is 2.18. The van der Waals surface area contributed by atoms with Gasteiger partial charge in [0.05, 0.1) is 12.0 Å². The number of aliphatic carboxylic acids is 1. The summed E-state index contributed by atoms with van der Waals surface area (Å²) in [5.74, 6) is -0.0362. The Morgan fingerprint density at radius 1 is 1.09 bits per heavy atom. The van der Waals surface area contributed by atoms with E-state index in [1.165, 1.54) is 25.9 Å². The zero-order valence-electron chi connectivity index (χ0n) is 14.4. The molecule has 0 spiro atoms. The van der Waals surface area contributed by atoms with Gasteiger partial charge in [0.15, 0.2) is 0 Å². The van der Waals surface area contributed by atoms with Gasteiger partial charge >= 0.3 is 5.97 Å². The summed E-state index contributed by atoms with van der Waals surface area (Å²) in [5.41, 5.74) is 5.92. The topological polar surface area (TPSA) is 86.9 Å². The van der Waals surface area contributed by atoms with Crippen LogP contribution < -0.4 is 5.73 Å². The first kappa shape index (κ1) is 18.2. The Kier molecular flexibility index (Phi) is 6.41. The van der Waals surface area contributed by atoms with Crippen molar-refractivity contribution in [3.8, 4) is 0 Å². The predicted octanol–water partition coefficient (Wildman–Crippen LogP) is 1.00. The van der Waals surface area contributed by atoms with E-state index >= 15 is 0 Å². The number of likely N-dealkylation sites (tertiary alicyclic amines) is 2. The largest absolute Gasteiger partial charge is 0.481 e. The normalized spacial score (nSPS) is 24.4. The zero-order chi connectivity index (χ0) is 17.0. The third-order valence-corrected chi connectivity index (χ3v) is 5.63. The standard InChI is InChI=1S/C17H31N3O3/c1-12(17(22)23)11-15(18)16(21)20-9-5-14(6-10-20)13-3-7-19(2)8-4-13/h12-15H,3-11,18H2,1-2H3,(H,22,23)/t12?,15-/m1/s1. The van der Waals surface area contributed by atoms with Crippen molar-refractivity contribution in [1.82, 2.24) is 9.80 Å². The number of carbonyl (C=O) groups excluding carboxylic acids is 1. The highest BCUT2D eigenvalue weighted by Crippen LogP contribution is 2.32. The van der Waals surface area contributed by atoms with Gasteiger partial charge in [0, 0.05) is 13.1 Å². The van der Waals surface area contributed by atoms with Crippen molar-refractivity contribution >= 4 is 11.9 Å². The van der Waals surface area contributed by atoms with Crippen LogP contribution in [0, 0.1) is 17.8 Å². The first-order valence-electron chi connectivity index (χ1n) is 8.84. The molecule has 2 saturated heterocycles. The number of piperidine rings is 2. The fraction of sp³-hybridized carbons (Fsp3) is 0.882. The molecule has 2 atom stereocenters. The molecule has 23 heavy (non-hydrogen) atoms. The van der Waals surface area contributed by atoms with Gasteiger partial charge in [-0.25, -0.2) is 0 Å². The molecule has 132 valence electrons. The first-order valence-corrected chi connectivity index (χ1v) is 8.84. The molecular formula is C17H31N3O3. The summed E-state index contributed by atoms with van der Waals surface area (Å²) in [4.78, 5) is 27.5. The van der Waals surface area contributed by atoms with Gasteiger partial charge in [-0.2, -0.15) is 0 Å². The van der Waals surface area contributed by atoms with E-state index in [4.69, 9.17) is 10.8 Å². The van der Waals surface area contributed by atoms with Crippen LogP contribution in [0.25, 0.3) is 0 Å². The maximum absolute atomic E-state index is 12.4. The van der Waals surface area contributed by atoms with Crippen molar-refractivity contribution in [2.45, 2.75) is 45.1 Å². The van der Waals surface area contributed by atoms with Gasteiger partial charge < -0.3 is 20.6 Å². The van der Waals surface area contributed by atoms with E-state index in [1.807, 2.05) is 4.90 Å².